The van der Waals surface area contributed by atoms with Gasteiger partial charge in [0.2, 0.25) is 11.8 Å². The van der Waals surface area contributed by atoms with E-state index in [4.69, 9.17) is 21.1 Å². The van der Waals surface area contributed by atoms with Crippen LogP contribution in [0.2, 0.25) is 5.02 Å². The van der Waals surface area contributed by atoms with E-state index in [1.807, 2.05) is 20.8 Å². The molecule has 1 aromatic carbocycles. The maximum Gasteiger partial charge on any atom is 0.408 e. The lowest BCUT2D eigenvalue weighted by atomic mass is 9.85. The molecule has 2 saturated carbocycles. The molecule has 2 aromatic rings. The Hall–Kier alpha value is -3.08. The van der Waals surface area contributed by atoms with Crippen LogP contribution in [0.5, 0.6) is 5.88 Å². The summed E-state index contributed by atoms with van der Waals surface area (Å²) in [6.07, 6.45) is 0.896. The average Bonchev–Trinajstić information content (AvgIpc) is 3.56. The Morgan fingerprint density at radius 2 is 1.81 bits per heavy atom. The van der Waals surface area contributed by atoms with Crippen molar-refractivity contribution >= 4 is 40.4 Å². The lowest BCUT2D eigenvalue weighted by Gasteiger charge is -2.36. The molecule has 47 heavy (non-hydrogen) atoms. The number of rotatable bonds is 2. The number of Topliss-reactive ketones (excluding diaryl/α,β-unsaturated/α-hetero) is 1. The molecule has 4 aliphatic rings. The number of nitrogens with one attached hydrogen (secondary N) is 1. The predicted octanol–water partition coefficient (Wildman–Crippen LogP) is 6.93. The van der Waals surface area contributed by atoms with Gasteiger partial charge in [0.1, 0.15) is 18.2 Å². The smallest absolute Gasteiger partial charge is 0.408 e. The minimum atomic E-state index is -3.36. The number of halogens is 3. The molecule has 2 bridgehead atoms. The maximum absolute atomic E-state index is 16.1. The number of aromatic nitrogens is 2. The fourth-order valence-electron chi connectivity index (χ4n) is 7.86. The van der Waals surface area contributed by atoms with Crippen molar-refractivity contribution < 1.29 is 32.6 Å². The van der Waals surface area contributed by atoms with Gasteiger partial charge in [-0.1, -0.05) is 59.6 Å². The first-order chi connectivity index (χ1) is 22.0. The summed E-state index contributed by atoms with van der Waals surface area (Å²) in [5.74, 6) is -4.36. The molecule has 1 saturated heterocycles. The number of ether oxygens (including phenoxy) is 2. The zero-order valence-corrected chi connectivity index (χ0v) is 28.7. The van der Waals surface area contributed by atoms with Gasteiger partial charge in [0.05, 0.1) is 23.6 Å². The number of ketones is 1. The Morgan fingerprint density at radius 3 is 2.51 bits per heavy atom. The van der Waals surface area contributed by atoms with Crippen LogP contribution >= 0.6 is 11.6 Å². The van der Waals surface area contributed by atoms with Crippen LogP contribution < -0.4 is 10.1 Å². The first-order valence-corrected chi connectivity index (χ1v) is 17.3. The van der Waals surface area contributed by atoms with E-state index in [2.05, 4.69) is 15.3 Å². The number of alkyl carbamates (subject to hydrolysis) is 1. The van der Waals surface area contributed by atoms with Crippen molar-refractivity contribution in [3.63, 3.8) is 0 Å². The highest BCUT2D eigenvalue weighted by Gasteiger charge is 2.55. The molecule has 0 spiro atoms. The predicted molar refractivity (Wildman–Crippen MR) is 172 cm³/mol. The fourth-order valence-corrected chi connectivity index (χ4v) is 8.03. The van der Waals surface area contributed by atoms with E-state index in [0.717, 1.165) is 12.8 Å². The van der Waals surface area contributed by atoms with Crippen LogP contribution in [-0.4, -0.2) is 63.5 Å². The summed E-state index contributed by atoms with van der Waals surface area (Å²) < 4.78 is 44.5. The zero-order chi connectivity index (χ0) is 34.0. The van der Waals surface area contributed by atoms with Crippen molar-refractivity contribution in [1.82, 2.24) is 20.2 Å². The Morgan fingerprint density at radius 1 is 1.06 bits per heavy atom. The summed E-state index contributed by atoms with van der Waals surface area (Å²) in [4.78, 5) is 51.7. The monoisotopic (exact) mass is 674 g/mol. The molecule has 0 radical (unpaired) electrons. The maximum atomic E-state index is 16.1. The van der Waals surface area contributed by atoms with Gasteiger partial charge in [-0.25, -0.2) is 14.8 Å². The molecule has 1 aromatic heterocycles. The van der Waals surface area contributed by atoms with E-state index < -0.39 is 65.5 Å². The van der Waals surface area contributed by atoms with Crippen LogP contribution in [0.25, 0.3) is 11.0 Å². The van der Waals surface area contributed by atoms with Gasteiger partial charge in [-0.3, -0.25) is 9.59 Å². The number of alkyl halides is 2. The molecule has 8 unspecified atom stereocenters. The van der Waals surface area contributed by atoms with Crippen molar-refractivity contribution in [3.05, 3.63) is 28.9 Å². The number of carbonyl (C=O) groups is 3. The van der Waals surface area contributed by atoms with Crippen molar-refractivity contribution in [2.45, 2.75) is 110 Å². The average molecular weight is 675 g/mol. The standard InChI is InChI=1S/C35H45ClF2N4O5/c1-17(2)28(43)27-18(3)26-16-42(27)32(44)30(34(4,5)6)41-33(45)47-25-14-19-13-22(19)21(25)9-7-8-12-35(37,38)29-31(46-26)40-24-15-20(36)10-11-23(24)39-29/h10-11,15,17-19,21-22,25-27,30H,7-9,12-14,16H2,1-6H3,(H,41,45). The Balaban J connectivity index is 1.42. The molecule has 9 nitrogen and oxygen atoms in total. The molecule has 6 rings (SSSR count). The number of amides is 2. The molecule has 8 atom stereocenters. The van der Waals surface area contributed by atoms with E-state index in [-0.39, 0.29) is 42.2 Å². The van der Waals surface area contributed by atoms with E-state index in [0.29, 0.717) is 35.2 Å². The first-order valence-electron chi connectivity index (χ1n) is 16.9. The summed E-state index contributed by atoms with van der Waals surface area (Å²) in [6.45, 7) is 10.7. The van der Waals surface area contributed by atoms with E-state index in [1.165, 1.54) is 11.0 Å². The second-order valence-electron chi connectivity index (χ2n) is 15.4. The van der Waals surface area contributed by atoms with E-state index in [9.17, 15) is 14.4 Å². The van der Waals surface area contributed by atoms with Crippen LogP contribution in [0, 0.1) is 35.0 Å². The third-order valence-corrected chi connectivity index (χ3v) is 10.8. The Labute approximate surface area is 279 Å². The highest BCUT2D eigenvalue weighted by molar-refractivity contribution is 6.31. The molecule has 2 aliphatic carbocycles. The lowest BCUT2D eigenvalue weighted by molar-refractivity contribution is -0.143. The second kappa shape index (κ2) is 12.4. The van der Waals surface area contributed by atoms with E-state index >= 15 is 8.78 Å². The summed E-state index contributed by atoms with van der Waals surface area (Å²) in [7, 11) is 0. The van der Waals surface area contributed by atoms with Gasteiger partial charge in [0.25, 0.3) is 5.92 Å². The number of carbonyl (C=O) groups excluding carboxylic acids is 3. The van der Waals surface area contributed by atoms with Crippen LogP contribution in [0.3, 0.4) is 0 Å². The minimum absolute atomic E-state index is 0.0687. The molecular formula is C35H45ClF2N4O5. The van der Waals surface area contributed by atoms with Crippen LogP contribution in [0.1, 0.15) is 85.8 Å². The van der Waals surface area contributed by atoms with Crippen LogP contribution in [0.4, 0.5) is 13.6 Å². The quantitative estimate of drug-likeness (QED) is 0.368. The van der Waals surface area contributed by atoms with Crippen molar-refractivity contribution in [3.8, 4) is 5.88 Å². The lowest BCUT2D eigenvalue weighted by Crippen LogP contribution is -2.58. The molecule has 1 N–H and O–H groups in total. The second-order valence-corrected chi connectivity index (χ2v) is 15.9. The van der Waals surface area contributed by atoms with Crippen molar-refractivity contribution in [1.29, 1.82) is 0 Å². The van der Waals surface area contributed by atoms with Gasteiger partial charge in [-0.05, 0) is 67.1 Å². The van der Waals surface area contributed by atoms with Gasteiger partial charge < -0.3 is 19.7 Å². The number of hydrogen-bond donors (Lipinski definition) is 1. The third-order valence-electron chi connectivity index (χ3n) is 10.6. The van der Waals surface area contributed by atoms with Gasteiger partial charge in [-0.2, -0.15) is 8.78 Å². The molecule has 12 heteroatoms. The van der Waals surface area contributed by atoms with Gasteiger partial charge >= 0.3 is 6.09 Å². The highest BCUT2D eigenvalue weighted by atomic mass is 35.5. The number of benzene rings is 1. The molecule has 3 heterocycles. The summed E-state index contributed by atoms with van der Waals surface area (Å²) in [6, 6.07) is 2.74. The molecular weight excluding hydrogens is 630 g/mol. The van der Waals surface area contributed by atoms with Crippen LogP contribution in [0.15, 0.2) is 18.2 Å². The molecule has 3 fully saturated rings. The fraction of sp³-hybridized carbons (Fsp3) is 0.686. The van der Waals surface area contributed by atoms with Crippen LogP contribution in [-0.2, 0) is 20.2 Å². The topological polar surface area (TPSA) is 111 Å². The number of fused-ring (bicyclic) bond motifs is 7. The SMILES string of the molecule is CC(C)C(=O)C1C(C)C2CN1C(=O)C(C(C)(C)C)NC(=O)OC1CC3CC3C1CCCCC(F)(F)c1nc3ccc(Cl)cc3nc1O2. The highest BCUT2D eigenvalue weighted by Crippen LogP contribution is 2.58. The molecule has 2 aliphatic heterocycles. The summed E-state index contributed by atoms with van der Waals surface area (Å²) in [5.41, 5.74) is -0.747. The van der Waals surface area contributed by atoms with Gasteiger partial charge in [-0.15, -0.1) is 0 Å². The Bertz CT molecular complexity index is 1560. The van der Waals surface area contributed by atoms with Gasteiger partial charge in [0.15, 0.2) is 11.5 Å². The van der Waals surface area contributed by atoms with Crippen molar-refractivity contribution in [2.75, 3.05) is 6.54 Å². The largest absolute Gasteiger partial charge is 0.471 e. The Kier molecular flexibility index (Phi) is 8.94. The normalized spacial score (nSPS) is 32.8. The zero-order valence-electron chi connectivity index (χ0n) is 27.9. The first kappa shape index (κ1) is 33.8. The molecule has 256 valence electrons. The van der Waals surface area contributed by atoms with E-state index in [1.54, 1.807) is 32.9 Å². The van der Waals surface area contributed by atoms with Gasteiger partial charge in [0, 0.05) is 23.3 Å². The van der Waals surface area contributed by atoms with Crippen molar-refractivity contribution in [2.24, 2.45) is 35.0 Å². The number of hydrogen-bond acceptors (Lipinski definition) is 7. The summed E-state index contributed by atoms with van der Waals surface area (Å²) >= 11 is 6.21. The summed E-state index contributed by atoms with van der Waals surface area (Å²) in [5, 5.41) is 3.22. The third kappa shape index (κ3) is 6.65. The minimum Gasteiger partial charge on any atom is -0.471 e. The number of nitrogens with zero attached hydrogens (tertiary/aromatic N) is 3. The molecule has 2 amide bonds.